The molecule has 0 fully saturated rings. The summed E-state index contributed by atoms with van der Waals surface area (Å²) in [5.74, 6) is 0. The summed E-state index contributed by atoms with van der Waals surface area (Å²) in [7, 11) is 0. The Morgan fingerprint density at radius 3 is 0.750 bits per heavy atom. The van der Waals surface area contributed by atoms with Crippen LogP contribution in [0.1, 0.15) is 1.43 Å². The first-order chi connectivity index (χ1) is 0. The summed E-state index contributed by atoms with van der Waals surface area (Å²) in [4.78, 5) is 0. The van der Waals surface area contributed by atoms with Crippen molar-refractivity contribution < 1.29 is 1.43 Å². The summed E-state index contributed by atoms with van der Waals surface area (Å²) in [5.41, 5.74) is 0. The third kappa shape index (κ3) is 9.91. The Morgan fingerprint density at radius 2 is 0.750 bits per heavy atom. The second-order valence-corrected chi connectivity index (χ2v) is 0. The van der Waals surface area contributed by atoms with E-state index in [0.717, 1.165) is 0 Å². The summed E-state index contributed by atoms with van der Waals surface area (Å²) < 4.78 is 0. The summed E-state index contributed by atoms with van der Waals surface area (Å²) >= 11 is 0. The van der Waals surface area contributed by atoms with Gasteiger partial charge in [0.25, 0.3) is 0 Å². The van der Waals surface area contributed by atoms with Gasteiger partial charge >= 0.3 is 0 Å². The van der Waals surface area contributed by atoms with Crippen molar-refractivity contribution in [3.8, 4) is 0 Å². The van der Waals surface area contributed by atoms with E-state index in [1.807, 2.05) is 0 Å². The van der Waals surface area contributed by atoms with E-state index in [0.29, 0.717) is 0 Å². The molecule has 0 spiro atoms. The Morgan fingerprint density at radius 1 is 0.750 bits per heavy atom. The molecular formula is H4AsCl3. The van der Waals surface area contributed by atoms with E-state index in [4.69, 9.17) is 0 Å². The van der Waals surface area contributed by atoms with Crippen LogP contribution in [-0.2, 0) is 0 Å². The molecule has 0 aromatic carbocycles. The van der Waals surface area contributed by atoms with Crippen molar-refractivity contribution in [2.24, 2.45) is 0 Å². The molecule has 0 heterocycles. The van der Waals surface area contributed by atoms with Crippen molar-refractivity contribution in [3.63, 3.8) is 0 Å². The first-order valence-electron chi connectivity index (χ1n) is 0. The average molecular weight is 185 g/mol. The molecule has 4 heavy (non-hydrogen) atoms. The van der Waals surface area contributed by atoms with Crippen molar-refractivity contribution in [1.82, 2.24) is 0 Å². The zero-order valence-electron chi connectivity index (χ0n) is 2.67. The molecule has 0 nitrogen and oxygen atoms in total. The van der Waals surface area contributed by atoms with Gasteiger partial charge in [-0.1, -0.05) is 0 Å². The van der Waals surface area contributed by atoms with Crippen molar-refractivity contribution in [2.75, 3.05) is 0 Å². The molecule has 4 radical (unpaired) electrons. The molecule has 0 saturated heterocycles. The summed E-state index contributed by atoms with van der Waals surface area (Å²) in [6.07, 6.45) is 0. The van der Waals surface area contributed by atoms with E-state index >= 15 is 0 Å². The number of hydrogen-bond acceptors (Lipinski definition) is 0. The Kier molecular flexibility index (Phi) is 333. The molecule has 0 atom stereocenters. The SMILES string of the molecule is Cl.Cl.Cl.[As].[H]. The van der Waals surface area contributed by atoms with Gasteiger partial charge in [-0.3, -0.25) is 0 Å². The van der Waals surface area contributed by atoms with Crippen molar-refractivity contribution in [3.05, 3.63) is 0 Å². The molecule has 0 N–H and O–H groups in total. The van der Waals surface area contributed by atoms with Crippen LogP contribution in [0.25, 0.3) is 0 Å². The number of rotatable bonds is 0. The molecule has 0 bridgehead atoms. The molecule has 0 aliphatic heterocycles. The molecule has 4 heteroatoms. The maximum atomic E-state index is 0. The van der Waals surface area contributed by atoms with Crippen LogP contribution in [0.4, 0.5) is 0 Å². The Hall–Kier alpha value is 1.43. The number of hydrogen-bond donors (Lipinski definition) is 0. The smallest absolute Gasteiger partial charge is 0 e. The maximum absolute atomic E-state index is 0. The van der Waals surface area contributed by atoms with Gasteiger partial charge < -0.3 is 0 Å². The van der Waals surface area contributed by atoms with Crippen LogP contribution < -0.4 is 0 Å². The molecule has 0 amide bonds. The maximum Gasteiger partial charge on any atom is 0 e. The normalized spacial score (nSPS) is 0. The fraction of sp³-hybridized carbons (Fsp3) is 0. The minimum Gasteiger partial charge on any atom is -0.147 e. The first kappa shape index (κ1) is 52.2. The third-order valence-electron chi connectivity index (χ3n) is 0. The summed E-state index contributed by atoms with van der Waals surface area (Å²) in [6, 6.07) is 0. The molecule has 0 rings (SSSR count). The largest absolute Gasteiger partial charge is 0.147 e. The topological polar surface area (TPSA) is 0 Å². The van der Waals surface area contributed by atoms with E-state index in [-0.39, 0.29) is 56.6 Å². The van der Waals surface area contributed by atoms with Gasteiger partial charge in [0.2, 0.25) is 0 Å². The van der Waals surface area contributed by atoms with Crippen LogP contribution in [0.3, 0.4) is 0 Å². The van der Waals surface area contributed by atoms with Crippen LogP contribution >= 0.6 is 37.2 Å². The fourth-order valence-electron chi connectivity index (χ4n) is 0. The van der Waals surface area contributed by atoms with Gasteiger partial charge in [-0.05, 0) is 0 Å². The van der Waals surface area contributed by atoms with Crippen molar-refractivity contribution in [2.45, 2.75) is 0 Å². The van der Waals surface area contributed by atoms with Crippen molar-refractivity contribution >= 4 is 55.2 Å². The summed E-state index contributed by atoms with van der Waals surface area (Å²) in [5, 5.41) is 0. The molecular weight excluding hydrogens is 181 g/mol. The van der Waals surface area contributed by atoms with Crippen molar-refractivity contribution in [1.29, 1.82) is 0 Å². The first-order valence-corrected chi connectivity index (χ1v) is 0. The average Bonchev–Trinajstić information content (AvgIpc) is 0. The van der Waals surface area contributed by atoms with Gasteiger partial charge in [0.15, 0.2) is 0 Å². The van der Waals surface area contributed by atoms with Gasteiger partial charge in [0.1, 0.15) is 0 Å². The second kappa shape index (κ2) is 25.5. The van der Waals surface area contributed by atoms with E-state index in [9.17, 15) is 0 Å². The van der Waals surface area contributed by atoms with Gasteiger partial charge in [0.05, 0.1) is 0 Å². The fourth-order valence-corrected chi connectivity index (χ4v) is 0. The third-order valence-corrected chi connectivity index (χ3v) is 0. The van der Waals surface area contributed by atoms with Crippen LogP contribution in [0.5, 0.6) is 0 Å². The van der Waals surface area contributed by atoms with E-state index in [1.165, 1.54) is 0 Å². The van der Waals surface area contributed by atoms with E-state index in [1.54, 1.807) is 0 Å². The second-order valence-electron chi connectivity index (χ2n) is 0. The predicted octanol–water partition coefficient (Wildman–Crippen LogP) is 0.997. The molecule has 30 valence electrons. The van der Waals surface area contributed by atoms with Crippen LogP contribution in [0.2, 0.25) is 0 Å². The van der Waals surface area contributed by atoms with Gasteiger partial charge in [0, 0.05) is 19.4 Å². The molecule has 0 unspecified atom stereocenters. The Labute approximate surface area is 56.7 Å². The molecule has 0 aromatic heterocycles. The Bertz CT molecular complexity index is 6.85. The molecule has 0 aromatic rings. The van der Waals surface area contributed by atoms with Crippen LogP contribution in [0.15, 0.2) is 0 Å². The quantitative estimate of drug-likeness (QED) is 0.494. The standard InChI is InChI=1S/As.3ClH.H/h;3*1H;. The number of halogens is 3. The zero-order valence-corrected chi connectivity index (χ0v) is 6.00. The van der Waals surface area contributed by atoms with E-state index < -0.39 is 0 Å². The molecule has 0 saturated carbocycles. The Balaban J connectivity index is 0. The van der Waals surface area contributed by atoms with Gasteiger partial charge in [-0.15, -0.1) is 37.2 Å². The van der Waals surface area contributed by atoms with Crippen LogP contribution in [-0.4, -0.2) is 18.0 Å². The van der Waals surface area contributed by atoms with Gasteiger partial charge in [-0.2, -0.15) is 0 Å². The predicted molar refractivity (Wildman–Crippen MR) is 28.6 cm³/mol. The van der Waals surface area contributed by atoms with E-state index in [2.05, 4.69) is 0 Å². The molecule has 0 aliphatic carbocycles. The minimum atomic E-state index is 0. The van der Waals surface area contributed by atoms with Crippen LogP contribution in [0, 0.1) is 0 Å². The monoisotopic (exact) mass is 184 g/mol. The zero-order chi connectivity index (χ0) is 0. The summed E-state index contributed by atoms with van der Waals surface area (Å²) in [6.45, 7) is 0. The molecule has 0 aliphatic rings. The van der Waals surface area contributed by atoms with Gasteiger partial charge in [-0.25, -0.2) is 0 Å². The minimum absolute atomic E-state index is 0.